The lowest BCUT2D eigenvalue weighted by Gasteiger charge is -2.36. The van der Waals surface area contributed by atoms with Crippen LogP contribution in [0.3, 0.4) is 0 Å². The van der Waals surface area contributed by atoms with E-state index in [0.29, 0.717) is 18.2 Å². The van der Waals surface area contributed by atoms with Gasteiger partial charge in [-0.1, -0.05) is 38.2 Å². The molecule has 0 fully saturated rings. The first-order chi connectivity index (χ1) is 12.1. The van der Waals surface area contributed by atoms with Gasteiger partial charge in [0.1, 0.15) is 6.61 Å². The number of nitrogens with zero attached hydrogens (tertiary/aromatic N) is 1. The highest BCUT2D eigenvalue weighted by Crippen LogP contribution is 2.35. The molecule has 0 saturated heterocycles. The van der Waals surface area contributed by atoms with Crippen molar-refractivity contribution in [1.82, 2.24) is 0 Å². The molecule has 0 aromatic heterocycles. The van der Waals surface area contributed by atoms with Gasteiger partial charge in [-0.25, -0.2) is 0 Å². The van der Waals surface area contributed by atoms with Gasteiger partial charge in [0.15, 0.2) is 5.88 Å². The minimum atomic E-state index is -0.531. The van der Waals surface area contributed by atoms with E-state index in [1.807, 2.05) is 26.8 Å². The summed E-state index contributed by atoms with van der Waals surface area (Å²) in [5.41, 5.74) is 19.0. The van der Waals surface area contributed by atoms with Crippen molar-refractivity contribution in [2.45, 2.75) is 53.2 Å². The molecule has 0 radical (unpaired) electrons. The maximum atomic E-state index is 6.08. The molecule has 0 saturated carbocycles. The van der Waals surface area contributed by atoms with Crippen LogP contribution in [0, 0.1) is 11.3 Å². The fourth-order valence-corrected chi connectivity index (χ4v) is 2.83. The number of allylic oxidation sites excluding steroid dienone is 3. The standard InChI is InChI=1S/C20H38N4O2/c1-8-9-15(4)20(6,16(5)25-7)18(24-13-21)11-19(23)26-12-17(22)10-14(2)3/h8-9,11,14,16-17H,1,10,12-13,21-23H2,2-7H3/b15-9-,19-11+,24-18+/t16?,17-,20?/m1/s1. The molecule has 6 N–H and O–H groups in total. The molecule has 3 atom stereocenters. The fourth-order valence-electron chi connectivity index (χ4n) is 2.83. The van der Waals surface area contributed by atoms with Gasteiger partial charge in [-0.3, -0.25) is 4.99 Å². The number of ether oxygens (including phenoxy) is 2. The minimum Gasteiger partial charge on any atom is -0.478 e. The lowest BCUT2D eigenvalue weighted by molar-refractivity contribution is 0.0633. The molecule has 0 aliphatic carbocycles. The van der Waals surface area contributed by atoms with Crippen LogP contribution >= 0.6 is 0 Å². The van der Waals surface area contributed by atoms with Crippen molar-refractivity contribution in [3.05, 3.63) is 36.3 Å². The highest BCUT2D eigenvalue weighted by Gasteiger charge is 2.37. The second kappa shape index (κ2) is 11.9. The normalized spacial score (nSPS) is 18.4. The molecule has 0 amide bonds. The van der Waals surface area contributed by atoms with Gasteiger partial charge in [0.2, 0.25) is 0 Å². The van der Waals surface area contributed by atoms with Crippen LogP contribution in [0.2, 0.25) is 0 Å². The summed E-state index contributed by atoms with van der Waals surface area (Å²) in [6, 6.07) is -0.0662. The van der Waals surface area contributed by atoms with Gasteiger partial charge in [-0.15, -0.1) is 0 Å². The van der Waals surface area contributed by atoms with Crippen molar-refractivity contribution < 1.29 is 9.47 Å². The van der Waals surface area contributed by atoms with Gasteiger partial charge >= 0.3 is 0 Å². The van der Waals surface area contributed by atoms with E-state index in [1.54, 1.807) is 19.3 Å². The number of aliphatic imine (C=N–C) groups is 1. The van der Waals surface area contributed by atoms with Crippen molar-refractivity contribution in [3.63, 3.8) is 0 Å². The Morgan fingerprint density at radius 1 is 1.31 bits per heavy atom. The van der Waals surface area contributed by atoms with Gasteiger partial charge < -0.3 is 26.7 Å². The third kappa shape index (κ3) is 7.32. The highest BCUT2D eigenvalue weighted by molar-refractivity contribution is 6.02. The van der Waals surface area contributed by atoms with Crippen LogP contribution < -0.4 is 17.2 Å². The van der Waals surface area contributed by atoms with Gasteiger partial charge in [0.25, 0.3) is 0 Å². The number of methoxy groups -OCH3 is 1. The van der Waals surface area contributed by atoms with Crippen molar-refractivity contribution in [1.29, 1.82) is 0 Å². The van der Waals surface area contributed by atoms with Crippen LogP contribution in [-0.4, -0.2) is 38.2 Å². The fraction of sp³-hybridized carbons (Fsp3) is 0.650. The molecule has 0 heterocycles. The Labute approximate surface area is 159 Å². The second-order valence-corrected chi connectivity index (χ2v) is 7.14. The Morgan fingerprint density at radius 2 is 1.92 bits per heavy atom. The van der Waals surface area contributed by atoms with E-state index in [9.17, 15) is 0 Å². The number of hydrogen-bond donors (Lipinski definition) is 3. The summed E-state index contributed by atoms with van der Waals surface area (Å²) in [7, 11) is 1.67. The molecule has 0 aromatic carbocycles. The van der Waals surface area contributed by atoms with Crippen LogP contribution in [0.5, 0.6) is 0 Å². The van der Waals surface area contributed by atoms with Gasteiger partial charge in [0, 0.05) is 19.2 Å². The van der Waals surface area contributed by atoms with Gasteiger partial charge in [-0.2, -0.15) is 0 Å². The van der Waals surface area contributed by atoms with Crippen LogP contribution in [0.1, 0.15) is 41.0 Å². The van der Waals surface area contributed by atoms with Crippen molar-refractivity contribution in [2.24, 2.45) is 33.5 Å². The third-order valence-electron chi connectivity index (χ3n) is 4.66. The lowest BCUT2D eigenvalue weighted by Crippen LogP contribution is -2.40. The maximum Gasteiger partial charge on any atom is 0.185 e. The highest BCUT2D eigenvalue weighted by atomic mass is 16.5. The summed E-state index contributed by atoms with van der Waals surface area (Å²) in [4.78, 5) is 4.46. The SMILES string of the molecule is C=C/C=C(/C)C(C)(C(/C=C(\N)OC[C@H](N)CC(C)C)=N/CN)C(C)OC. The predicted molar refractivity (Wildman–Crippen MR) is 111 cm³/mol. The van der Waals surface area contributed by atoms with Crippen molar-refractivity contribution in [2.75, 3.05) is 20.4 Å². The van der Waals surface area contributed by atoms with Gasteiger partial charge in [0.05, 0.1) is 23.9 Å². The zero-order valence-electron chi connectivity index (χ0n) is 17.3. The first-order valence-electron chi connectivity index (χ1n) is 9.06. The van der Waals surface area contributed by atoms with E-state index in [-0.39, 0.29) is 24.7 Å². The molecule has 2 unspecified atom stereocenters. The molecule has 6 nitrogen and oxygen atoms in total. The molecular formula is C20H38N4O2. The summed E-state index contributed by atoms with van der Waals surface area (Å²) in [6.45, 7) is 14.5. The quantitative estimate of drug-likeness (QED) is 0.279. The predicted octanol–water partition coefficient (Wildman–Crippen LogP) is 2.71. The zero-order chi connectivity index (χ0) is 20.3. The van der Waals surface area contributed by atoms with E-state index < -0.39 is 5.41 Å². The van der Waals surface area contributed by atoms with Crippen molar-refractivity contribution >= 4 is 5.71 Å². The Bertz CT molecular complexity index is 526. The molecule has 0 aliphatic rings. The van der Waals surface area contributed by atoms with Gasteiger partial charge in [-0.05, 0) is 33.1 Å². The maximum absolute atomic E-state index is 6.08. The molecule has 0 bridgehead atoms. The van der Waals surface area contributed by atoms with Crippen LogP contribution in [-0.2, 0) is 9.47 Å². The molecular weight excluding hydrogens is 328 g/mol. The Morgan fingerprint density at radius 3 is 2.38 bits per heavy atom. The lowest BCUT2D eigenvalue weighted by atomic mass is 9.73. The summed E-state index contributed by atoms with van der Waals surface area (Å²) < 4.78 is 11.2. The number of hydrogen-bond acceptors (Lipinski definition) is 6. The van der Waals surface area contributed by atoms with Crippen LogP contribution in [0.4, 0.5) is 0 Å². The van der Waals surface area contributed by atoms with E-state index in [2.05, 4.69) is 25.4 Å². The van der Waals surface area contributed by atoms with Crippen molar-refractivity contribution in [3.8, 4) is 0 Å². The summed E-state index contributed by atoms with van der Waals surface area (Å²) >= 11 is 0. The minimum absolute atomic E-state index is 0.0662. The smallest absolute Gasteiger partial charge is 0.185 e. The Kier molecular flexibility index (Phi) is 11.1. The van der Waals surface area contributed by atoms with E-state index in [4.69, 9.17) is 26.7 Å². The first-order valence-corrected chi connectivity index (χ1v) is 9.06. The van der Waals surface area contributed by atoms with Crippen LogP contribution in [0.15, 0.2) is 41.3 Å². The summed E-state index contributed by atoms with van der Waals surface area (Å²) in [5, 5.41) is 0. The molecule has 150 valence electrons. The summed E-state index contributed by atoms with van der Waals surface area (Å²) in [6.07, 6.45) is 6.10. The third-order valence-corrected chi connectivity index (χ3v) is 4.66. The second-order valence-electron chi connectivity index (χ2n) is 7.14. The molecule has 6 heteroatoms. The molecule has 0 rings (SSSR count). The zero-order valence-corrected chi connectivity index (χ0v) is 17.3. The van der Waals surface area contributed by atoms with E-state index >= 15 is 0 Å². The molecule has 0 aromatic rings. The van der Waals surface area contributed by atoms with E-state index in [1.165, 1.54) is 0 Å². The number of rotatable bonds is 12. The first kappa shape index (κ1) is 24.4. The summed E-state index contributed by atoms with van der Waals surface area (Å²) in [5.74, 6) is 0.767. The largest absolute Gasteiger partial charge is 0.478 e. The molecule has 0 aliphatic heterocycles. The van der Waals surface area contributed by atoms with E-state index in [0.717, 1.165) is 12.0 Å². The average Bonchev–Trinajstić information content (AvgIpc) is 2.57. The Balaban J connectivity index is 5.62. The monoisotopic (exact) mass is 366 g/mol. The van der Waals surface area contributed by atoms with Crippen LogP contribution in [0.25, 0.3) is 0 Å². The number of nitrogens with two attached hydrogens (primary N) is 3. The molecule has 26 heavy (non-hydrogen) atoms. The Hall–Kier alpha value is -1.63. The topological polar surface area (TPSA) is 109 Å². The average molecular weight is 367 g/mol. The molecule has 0 spiro atoms.